The molecule has 23 heavy (non-hydrogen) atoms. The quantitative estimate of drug-likeness (QED) is 0.692. The lowest BCUT2D eigenvalue weighted by Gasteiger charge is -2.34. The van der Waals surface area contributed by atoms with E-state index >= 15 is 0 Å². The van der Waals surface area contributed by atoms with E-state index in [-0.39, 0.29) is 30.7 Å². The van der Waals surface area contributed by atoms with Crippen LogP contribution in [-0.2, 0) is 4.79 Å². The summed E-state index contributed by atoms with van der Waals surface area (Å²) in [5.74, 6) is 0.928. The van der Waals surface area contributed by atoms with E-state index in [1.54, 1.807) is 0 Å². The third-order valence-electron chi connectivity index (χ3n) is 5.31. The van der Waals surface area contributed by atoms with Gasteiger partial charge >= 0.3 is 0 Å². The average Bonchev–Trinajstić information content (AvgIpc) is 3.16. The van der Waals surface area contributed by atoms with Gasteiger partial charge in [-0.15, -0.1) is 24.8 Å². The van der Waals surface area contributed by atoms with Crippen LogP contribution in [0.2, 0.25) is 0 Å². The maximum atomic E-state index is 12.1. The van der Waals surface area contributed by atoms with Gasteiger partial charge in [-0.05, 0) is 51.2 Å². The molecule has 2 fully saturated rings. The third-order valence-corrected chi connectivity index (χ3v) is 5.31. The smallest absolute Gasteiger partial charge is 0.221 e. The lowest BCUT2D eigenvalue weighted by atomic mass is 9.93. The molecule has 2 aliphatic rings. The summed E-state index contributed by atoms with van der Waals surface area (Å²) in [5, 5.41) is 6.62. The number of rotatable bonds is 8. The van der Waals surface area contributed by atoms with E-state index in [4.69, 9.17) is 0 Å². The summed E-state index contributed by atoms with van der Waals surface area (Å²) >= 11 is 0. The van der Waals surface area contributed by atoms with Gasteiger partial charge < -0.3 is 10.6 Å². The summed E-state index contributed by atoms with van der Waals surface area (Å²) in [6, 6.07) is 0.936. The number of carbonyl (C=O) groups is 1. The Hall–Kier alpha value is -0.0300. The molecule has 0 aromatic rings. The Bertz CT molecular complexity index is 313. The maximum absolute atomic E-state index is 12.1. The Morgan fingerprint density at radius 2 is 1.83 bits per heavy atom. The van der Waals surface area contributed by atoms with Gasteiger partial charge in [0.15, 0.2) is 0 Å². The minimum Gasteiger partial charge on any atom is -0.354 e. The fraction of sp³-hybridized carbons (Fsp3) is 0.941. The maximum Gasteiger partial charge on any atom is 0.221 e. The molecular formula is C17H35Cl2N3O. The fourth-order valence-electron chi connectivity index (χ4n) is 3.95. The second-order valence-corrected chi connectivity index (χ2v) is 6.69. The van der Waals surface area contributed by atoms with Gasteiger partial charge in [0.05, 0.1) is 0 Å². The summed E-state index contributed by atoms with van der Waals surface area (Å²) in [7, 11) is 0. The number of nitrogens with zero attached hydrogens (tertiary/aromatic N) is 1. The minimum atomic E-state index is 0. The van der Waals surface area contributed by atoms with E-state index < -0.39 is 0 Å². The van der Waals surface area contributed by atoms with Crippen LogP contribution in [-0.4, -0.2) is 49.1 Å². The minimum absolute atomic E-state index is 0. The van der Waals surface area contributed by atoms with E-state index in [1.165, 1.54) is 45.2 Å². The second-order valence-electron chi connectivity index (χ2n) is 6.69. The van der Waals surface area contributed by atoms with Crippen molar-refractivity contribution in [1.82, 2.24) is 15.5 Å². The number of hydrogen-bond acceptors (Lipinski definition) is 3. The van der Waals surface area contributed by atoms with Crippen molar-refractivity contribution in [1.29, 1.82) is 0 Å². The van der Waals surface area contributed by atoms with Gasteiger partial charge in [0.1, 0.15) is 0 Å². The summed E-state index contributed by atoms with van der Waals surface area (Å²) in [4.78, 5) is 14.8. The van der Waals surface area contributed by atoms with Crippen LogP contribution in [0.15, 0.2) is 0 Å². The van der Waals surface area contributed by atoms with Gasteiger partial charge in [0.25, 0.3) is 0 Å². The lowest BCUT2D eigenvalue weighted by molar-refractivity contribution is -0.121. The lowest BCUT2D eigenvalue weighted by Crippen LogP contribution is -2.47. The number of likely N-dealkylation sites (tertiary alicyclic amines) is 1. The molecule has 0 bridgehead atoms. The summed E-state index contributed by atoms with van der Waals surface area (Å²) < 4.78 is 0. The number of hydrogen-bond donors (Lipinski definition) is 2. The largest absolute Gasteiger partial charge is 0.354 e. The summed E-state index contributed by atoms with van der Waals surface area (Å²) in [6.45, 7) is 8.88. The number of nitrogens with one attached hydrogen (secondary N) is 2. The van der Waals surface area contributed by atoms with Gasteiger partial charge in [-0.25, -0.2) is 0 Å². The third kappa shape index (κ3) is 7.16. The molecule has 0 radical (unpaired) electrons. The number of halogens is 2. The van der Waals surface area contributed by atoms with Gasteiger partial charge in [0.2, 0.25) is 5.91 Å². The molecule has 2 N–H and O–H groups in total. The molecule has 6 heteroatoms. The highest BCUT2D eigenvalue weighted by atomic mass is 35.5. The molecule has 0 spiro atoms. The van der Waals surface area contributed by atoms with Crippen molar-refractivity contribution in [3.8, 4) is 0 Å². The topological polar surface area (TPSA) is 44.4 Å². The molecule has 2 heterocycles. The van der Waals surface area contributed by atoms with Crippen molar-refractivity contribution in [2.75, 3.05) is 26.2 Å². The highest BCUT2D eigenvalue weighted by Gasteiger charge is 2.28. The van der Waals surface area contributed by atoms with Crippen molar-refractivity contribution in [2.45, 2.75) is 70.9 Å². The number of carbonyl (C=O) groups excluding carboxylic acids is 1. The Morgan fingerprint density at radius 1 is 1.17 bits per heavy atom. The van der Waals surface area contributed by atoms with Crippen LogP contribution >= 0.6 is 24.8 Å². The highest BCUT2D eigenvalue weighted by Crippen LogP contribution is 2.22. The Morgan fingerprint density at radius 3 is 2.35 bits per heavy atom. The molecule has 0 aromatic carbocycles. The van der Waals surface area contributed by atoms with Crippen molar-refractivity contribution >= 4 is 30.7 Å². The number of amides is 1. The highest BCUT2D eigenvalue weighted by molar-refractivity contribution is 5.85. The standard InChI is InChI=1S/C17H33N3O.2ClH/c1-3-14(4-2)16(20-10-5-6-11-20)13-19-17(21)12-15-8-7-9-18-15;;/h14-16,18H,3-13H2,1-2H3,(H,19,21);2*1H. The first-order valence-electron chi connectivity index (χ1n) is 8.98. The molecule has 0 aliphatic carbocycles. The van der Waals surface area contributed by atoms with Gasteiger partial charge in [-0.1, -0.05) is 26.7 Å². The molecule has 2 aliphatic heterocycles. The summed E-state index contributed by atoms with van der Waals surface area (Å²) in [6.07, 6.45) is 8.05. The molecule has 2 unspecified atom stereocenters. The molecule has 0 saturated carbocycles. The van der Waals surface area contributed by atoms with E-state index in [0.29, 0.717) is 24.4 Å². The Balaban J connectivity index is 0.00000242. The molecule has 1 amide bonds. The first-order valence-corrected chi connectivity index (χ1v) is 8.98. The van der Waals surface area contributed by atoms with Crippen LogP contribution in [0.3, 0.4) is 0 Å². The zero-order valence-corrected chi connectivity index (χ0v) is 16.3. The van der Waals surface area contributed by atoms with Crippen LogP contribution in [0, 0.1) is 5.92 Å². The molecule has 0 aromatic heterocycles. The Labute approximate surface area is 154 Å². The monoisotopic (exact) mass is 367 g/mol. The van der Waals surface area contributed by atoms with Crippen molar-refractivity contribution in [3.63, 3.8) is 0 Å². The molecule has 2 rings (SSSR count). The van der Waals surface area contributed by atoms with Gasteiger partial charge in [0, 0.05) is 25.0 Å². The molecular weight excluding hydrogens is 333 g/mol. The van der Waals surface area contributed by atoms with Crippen LogP contribution in [0.1, 0.15) is 58.8 Å². The fourth-order valence-corrected chi connectivity index (χ4v) is 3.95. The molecule has 2 saturated heterocycles. The van der Waals surface area contributed by atoms with E-state index in [0.717, 1.165) is 19.5 Å². The predicted molar refractivity (Wildman–Crippen MR) is 102 cm³/mol. The zero-order valence-electron chi connectivity index (χ0n) is 14.7. The zero-order chi connectivity index (χ0) is 15.1. The van der Waals surface area contributed by atoms with Crippen molar-refractivity contribution < 1.29 is 4.79 Å². The normalized spacial score (nSPS) is 22.5. The van der Waals surface area contributed by atoms with Crippen LogP contribution < -0.4 is 10.6 Å². The van der Waals surface area contributed by atoms with Crippen LogP contribution in [0.5, 0.6) is 0 Å². The Kier molecular flexibility index (Phi) is 12.3. The first kappa shape index (κ1) is 23.0. The van der Waals surface area contributed by atoms with E-state index in [1.807, 2.05) is 0 Å². The van der Waals surface area contributed by atoms with Gasteiger partial charge in [-0.3, -0.25) is 9.69 Å². The van der Waals surface area contributed by atoms with Gasteiger partial charge in [-0.2, -0.15) is 0 Å². The second kappa shape index (κ2) is 12.3. The van der Waals surface area contributed by atoms with Crippen LogP contribution in [0.4, 0.5) is 0 Å². The molecule has 138 valence electrons. The average molecular weight is 368 g/mol. The van der Waals surface area contributed by atoms with E-state index in [9.17, 15) is 4.79 Å². The SMILES string of the molecule is CCC(CC)C(CNC(=O)CC1CCCN1)N1CCCC1.Cl.Cl. The van der Waals surface area contributed by atoms with Crippen molar-refractivity contribution in [3.05, 3.63) is 0 Å². The summed E-state index contributed by atoms with van der Waals surface area (Å²) in [5.41, 5.74) is 0. The van der Waals surface area contributed by atoms with Crippen molar-refractivity contribution in [2.24, 2.45) is 5.92 Å². The first-order chi connectivity index (χ1) is 10.2. The molecule has 4 nitrogen and oxygen atoms in total. The van der Waals surface area contributed by atoms with E-state index in [2.05, 4.69) is 29.4 Å². The molecule has 2 atom stereocenters. The van der Waals surface area contributed by atoms with Crippen LogP contribution in [0.25, 0.3) is 0 Å². The predicted octanol–water partition coefficient (Wildman–Crippen LogP) is 2.99.